The molecule has 1 atom stereocenters. The van der Waals surface area contributed by atoms with Crippen LogP contribution < -0.4 is 5.73 Å². The van der Waals surface area contributed by atoms with Gasteiger partial charge in [-0.25, -0.2) is 0 Å². The van der Waals surface area contributed by atoms with E-state index in [0.717, 1.165) is 19.3 Å². The van der Waals surface area contributed by atoms with E-state index in [-0.39, 0.29) is 9.89 Å². The summed E-state index contributed by atoms with van der Waals surface area (Å²) in [5, 5.41) is 0. The Morgan fingerprint density at radius 3 is 2.73 bits per heavy atom. The lowest BCUT2D eigenvalue weighted by Crippen LogP contribution is -2.15. The van der Waals surface area contributed by atoms with Crippen LogP contribution in [0.25, 0.3) is 0 Å². The first-order chi connectivity index (χ1) is 5.22. The van der Waals surface area contributed by atoms with E-state index in [2.05, 4.69) is 27.3 Å². The third-order valence-electron chi connectivity index (χ3n) is 1.37. The molecule has 0 spiro atoms. The van der Waals surface area contributed by atoms with E-state index >= 15 is 0 Å². The number of nitrogens with two attached hydrogens (primary N) is 1. The van der Waals surface area contributed by atoms with E-state index in [4.69, 9.17) is 5.73 Å². The summed E-state index contributed by atoms with van der Waals surface area (Å²) in [4.78, 5) is 10.8. The van der Waals surface area contributed by atoms with Crippen LogP contribution in [0.3, 0.4) is 0 Å². The van der Waals surface area contributed by atoms with Gasteiger partial charge < -0.3 is 10.5 Å². The molecular formula is C7H14INO2. The molecule has 3 nitrogen and oxygen atoms in total. The van der Waals surface area contributed by atoms with Crippen molar-refractivity contribution in [2.24, 2.45) is 5.73 Å². The van der Waals surface area contributed by atoms with Gasteiger partial charge in [-0.1, -0.05) is 29.0 Å². The fourth-order valence-corrected chi connectivity index (χ4v) is 1.41. The summed E-state index contributed by atoms with van der Waals surface area (Å²) in [6.45, 7) is 0.699. The van der Waals surface area contributed by atoms with Gasteiger partial charge in [0, 0.05) is 0 Å². The molecule has 4 heteroatoms. The summed E-state index contributed by atoms with van der Waals surface area (Å²) in [7, 11) is 1.41. The molecule has 0 aromatic carbocycles. The first-order valence-electron chi connectivity index (χ1n) is 3.64. The van der Waals surface area contributed by atoms with Crippen molar-refractivity contribution in [3.8, 4) is 0 Å². The first-order valence-corrected chi connectivity index (χ1v) is 4.89. The summed E-state index contributed by atoms with van der Waals surface area (Å²) < 4.78 is 4.55. The number of carbonyl (C=O) groups excluding carboxylic acids is 1. The fourth-order valence-electron chi connectivity index (χ4n) is 0.714. The molecule has 0 fully saturated rings. The molecule has 0 aliphatic rings. The van der Waals surface area contributed by atoms with Crippen molar-refractivity contribution in [2.45, 2.75) is 23.2 Å². The molecule has 11 heavy (non-hydrogen) atoms. The Morgan fingerprint density at radius 1 is 1.64 bits per heavy atom. The number of methoxy groups -OCH3 is 1. The number of ether oxygens (including phenoxy) is 1. The molecule has 0 radical (unpaired) electrons. The molecule has 0 saturated heterocycles. The summed E-state index contributed by atoms with van der Waals surface area (Å²) in [6, 6.07) is 0. The zero-order valence-corrected chi connectivity index (χ0v) is 8.84. The maximum absolute atomic E-state index is 10.8. The summed E-state index contributed by atoms with van der Waals surface area (Å²) in [6.07, 6.45) is 2.85. The van der Waals surface area contributed by atoms with Gasteiger partial charge in [-0.2, -0.15) is 0 Å². The van der Waals surface area contributed by atoms with E-state index in [1.54, 1.807) is 0 Å². The van der Waals surface area contributed by atoms with Crippen molar-refractivity contribution < 1.29 is 9.53 Å². The highest BCUT2D eigenvalue weighted by molar-refractivity contribution is 14.1. The molecule has 66 valence electrons. The highest BCUT2D eigenvalue weighted by atomic mass is 127. The van der Waals surface area contributed by atoms with Gasteiger partial charge in [0.05, 0.1) is 7.11 Å². The van der Waals surface area contributed by atoms with Crippen LogP contribution in [0.1, 0.15) is 19.3 Å². The molecule has 2 N–H and O–H groups in total. The Bertz CT molecular complexity index is 119. The van der Waals surface area contributed by atoms with Crippen molar-refractivity contribution in [3.05, 3.63) is 0 Å². The van der Waals surface area contributed by atoms with Crippen molar-refractivity contribution in [2.75, 3.05) is 13.7 Å². The number of hydrogen-bond donors (Lipinski definition) is 1. The Balaban J connectivity index is 3.36. The zero-order chi connectivity index (χ0) is 8.69. The topological polar surface area (TPSA) is 52.3 Å². The highest BCUT2D eigenvalue weighted by Gasteiger charge is 2.13. The lowest BCUT2D eigenvalue weighted by Gasteiger charge is -2.05. The Morgan fingerprint density at radius 2 is 2.27 bits per heavy atom. The lowest BCUT2D eigenvalue weighted by atomic mass is 10.2. The van der Waals surface area contributed by atoms with Crippen molar-refractivity contribution >= 4 is 28.6 Å². The largest absolute Gasteiger partial charge is 0.468 e. The summed E-state index contributed by atoms with van der Waals surface area (Å²) >= 11 is 2.09. The molecule has 0 aromatic rings. The maximum Gasteiger partial charge on any atom is 0.318 e. The molecule has 0 rings (SSSR count). The smallest absolute Gasteiger partial charge is 0.318 e. The fraction of sp³-hybridized carbons (Fsp3) is 0.857. The number of esters is 1. The van der Waals surface area contributed by atoms with Crippen LogP contribution in [0.4, 0.5) is 0 Å². The predicted molar refractivity (Wildman–Crippen MR) is 52.7 cm³/mol. The van der Waals surface area contributed by atoms with Crippen LogP contribution in [-0.2, 0) is 9.53 Å². The van der Waals surface area contributed by atoms with Gasteiger partial charge in [-0.05, 0) is 19.4 Å². The Kier molecular flexibility index (Phi) is 6.94. The van der Waals surface area contributed by atoms with E-state index < -0.39 is 0 Å². The summed E-state index contributed by atoms with van der Waals surface area (Å²) in [5.41, 5.74) is 5.30. The molecule has 0 saturated carbocycles. The molecule has 0 aliphatic heterocycles. The molecule has 0 aromatic heterocycles. The Labute approximate surface area is 80.8 Å². The number of hydrogen-bond acceptors (Lipinski definition) is 3. The van der Waals surface area contributed by atoms with Gasteiger partial charge >= 0.3 is 5.97 Å². The van der Waals surface area contributed by atoms with Crippen LogP contribution in [-0.4, -0.2) is 23.5 Å². The third-order valence-corrected chi connectivity index (χ3v) is 2.50. The van der Waals surface area contributed by atoms with Crippen molar-refractivity contribution in [1.82, 2.24) is 0 Å². The van der Waals surface area contributed by atoms with Crippen LogP contribution in [0.2, 0.25) is 0 Å². The molecule has 1 unspecified atom stereocenters. The second-order valence-corrected chi connectivity index (χ2v) is 3.78. The Hall–Kier alpha value is 0.160. The SMILES string of the molecule is COC(=O)C(I)CCCCN. The number of unbranched alkanes of at least 4 members (excludes halogenated alkanes) is 1. The highest BCUT2D eigenvalue weighted by Crippen LogP contribution is 2.11. The van der Waals surface area contributed by atoms with Gasteiger partial charge in [0.2, 0.25) is 0 Å². The standard InChI is InChI=1S/C7H14INO2/c1-11-7(10)6(8)4-2-3-5-9/h6H,2-5,9H2,1H3. The molecule has 0 aliphatic carbocycles. The van der Waals surface area contributed by atoms with Gasteiger partial charge in [-0.15, -0.1) is 0 Å². The quantitative estimate of drug-likeness (QED) is 0.352. The maximum atomic E-state index is 10.8. The van der Waals surface area contributed by atoms with Crippen LogP contribution in [0.5, 0.6) is 0 Å². The first kappa shape index (κ1) is 11.2. The van der Waals surface area contributed by atoms with Gasteiger partial charge in [0.25, 0.3) is 0 Å². The monoisotopic (exact) mass is 271 g/mol. The van der Waals surface area contributed by atoms with E-state index in [1.165, 1.54) is 7.11 Å². The minimum absolute atomic E-state index is 0.0100. The molecular weight excluding hydrogens is 257 g/mol. The van der Waals surface area contributed by atoms with E-state index in [9.17, 15) is 4.79 Å². The van der Waals surface area contributed by atoms with Gasteiger partial charge in [0.1, 0.15) is 3.92 Å². The van der Waals surface area contributed by atoms with E-state index in [1.807, 2.05) is 0 Å². The number of halogens is 1. The molecule has 0 heterocycles. The molecule has 0 bridgehead atoms. The van der Waals surface area contributed by atoms with Gasteiger partial charge in [-0.3, -0.25) is 4.79 Å². The van der Waals surface area contributed by atoms with E-state index in [0.29, 0.717) is 6.54 Å². The van der Waals surface area contributed by atoms with Crippen LogP contribution >= 0.6 is 22.6 Å². The number of carbonyl (C=O) groups is 1. The normalized spacial score (nSPS) is 12.6. The third kappa shape index (κ3) is 5.43. The van der Waals surface area contributed by atoms with Crippen molar-refractivity contribution in [1.29, 1.82) is 0 Å². The van der Waals surface area contributed by atoms with Crippen LogP contribution in [0, 0.1) is 0 Å². The average Bonchev–Trinajstić information content (AvgIpc) is 2.03. The second-order valence-electron chi connectivity index (χ2n) is 2.28. The predicted octanol–water partition coefficient (Wildman–Crippen LogP) is 1.09. The molecule has 0 amide bonds. The van der Waals surface area contributed by atoms with Crippen LogP contribution in [0.15, 0.2) is 0 Å². The summed E-state index contributed by atoms with van der Waals surface area (Å²) in [5.74, 6) is -0.136. The zero-order valence-electron chi connectivity index (χ0n) is 6.68. The number of alkyl halides is 1. The average molecular weight is 271 g/mol. The van der Waals surface area contributed by atoms with Gasteiger partial charge in [0.15, 0.2) is 0 Å². The minimum Gasteiger partial charge on any atom is -0.468 e. The second kappa shape index (κ2) is 6.84. The lowest BCUT2D eigenvalue weighted by molar-refractivity contribution is -0.139. The number of rotatable bonds is 5. The van der Waals surface area contributed by atoms with Crippen molar-refractivity contribution in [3.63, 3.8) is 0 Å². The minimum atomic E-state index is -0.136.